The molecule has 8 nitrogen and oxygen atoms in total. The molecule has 0 aliphatic heterocycles. The molecule has 0 bridgehead atoms. The second-order valence-electron chi connectivity index (χ2n) is 5.24. The number of nitrogen functional groups attached to an aromatic ring is 1. The average Bonchev–Trinajstić information content (AvgIpc) is 2.90. The maximum atomic E-state index is 5.70. The third kappa shape index (κ3) is 4.95. The number of aromatic nitrogens is 5. The van der Waals surface area contributed by atoms with E-state index in [4.69, 9.17) is 5.73 Å². The molecule has 0 atom stereocenters. The number of nitrogens with one attached hydrogen (secondary N) is 1. The molecule has 0 fully saturated rings. The lowest BCUT2D eigenvalue weighted by molar-refractivity contribution is 0.687. The van der Waals surface area contributed by atoms with E-state index < -0.39 is 0 Å². The highest BCUT2D eigenvalue weighted by atomic mass is 32.2. The molecule has 22 heavy (non-hydrogen) atoms. The van der Waals surface area contributed by atoms with Gasteiger partial charge in [-0.15, -0.1) is 10.2 Å². The zero-order chi connectivity index (χ0) is 16.1. The number of nitrogens with zero attached hydrogens (tertiary/aromatic N) is 6. The Balaban J connectivity index is 1.95. The van der Waals surface area contributed by atoms with Gasteiger partial charge in [0.15, 0.2) is 4.34 Å². The first kappa shape index (κ1) is 16.7. The maximum absolute atomic E-state index is 5.70. The van der Waals surface area contributed by atoms with Crippen molar-refractivity contribution < 1.29 is 0 Å². The van der Waals surface area contributed by atoms with Crippen LogP contribution in [0.4, 0.5) is 17.0 Å². The minimum atomic E-state index is 0.228. The van der Waals surface area contributed by atoms with Gasteiger partial charge in [0.05, 0.1) is 5.75 Å². The van der Waals surface area contributed by atoms with E-state index >= 15 is 0 Å². The Hall–Kier alpha value is -1.68. The summed E-state index contributed by atoms with van der Waals surface area (Å²) in [6.07, 6.45) is 0. The van der Waals surface area contributed by atoms with E-state index in [0.29, 0.717) is 23.4 Å². The van der Waals surface area contributed by atoms with Crippen LogP contribution in [-0.2, 0) is 5.75 Å². The zero-order valence-electron chi connectivity index (χ0n) is 13.1. The van der Waals surface area contributed by atoms with Gasteiger partial charge in [-0.05, 0) is 5.92 Å². The van der Waals surface area contributed by atoms with Crippen LogP contribution in [0.25, 0.3) is 0 Å². The van der Waals surface area contributed by atoms with E-state index in [-0.39, 0.29) is 5.95 Å². The highest BCUT2D eigenvalue weighted by molar-refractivity contribution is 8.00. The third-order valence-corrected chi connectivity index (χ3v) is 4.49. The Morgan fingerprint density at radius 2 is 2.00 bits per heavy atom. The van der Waals surface area contributed by atoms with Crippen molar-refractivity contribution in [1.82, 2.24) is 25.1 Å². The van der Waals surface area contributed by atoms with Crippen molar-refractivity contribution in [3.8, 4) is 0 Å². The normalized spacial score (nSPS) is 11.0. The van der Waals surface area contributed by atoms with Gasteiger partial charge in [0.2, 0.25) is 17.0 Å². The SMILES string of the molecule is CC(C)CNc1nnc(SCc2nc(N)nc(N(C)C)n2)s1. The number of thioether (sulfide) groups is 1. The fourth-order valence-electron chi connectivity index (χ4n) is 1.45. The minimum absolute atomic E-state index is 0.228. The lowest BCUT2D eigenvalue weighted by atomic mass is 10.2. The van der Waals surface area contributed by atoms with Gasteiger partial charge >= 0.3 is 0 Å². The summed E-state index contributed by atoms with van der Waals surface area (Å²) in [5.74, 6) is 2.56. The molecule has 0 radical (unpaired) electrons. The molecule has 0 amide bonds. The topological polar surface area (TPSA) is 106 Å². The standard InChI is InChI=1S/C12H20N8S2/c1-7(2)5-14-11-18-19-12(22-11)21-6-8-15-9(13)17-10(16-8)20(3)4/h7H,5-6H2,1-4H3,(H,14,18)(H2,13,15,16,17). The highest BCUT2D eigenvalue weighted by Crippen LogP contribution is 2.27. The highest BCUT2D eigenvalue weighted by Gasteiger charge is 2.09. The van der Waals surface area contributed by atoms with Gasteiger partial charge in [0, 0.05) is 20.6 Å². The second-order valence-corrected chi connectivity index (χ2v) is 7.44. The average molecular weight is 340 g/mol. The molecule has 0 aromatic carbocycles. The molecule has 0 spiro atoms. The van der Waals surface area contributed by atoms with Crippen LogP contribution in [0.15, 0.2) is 4.34 Å². The molecule has 2 rings (SSSR count). The molecule has 10 heteroatoms. The van der Waals surface area contributed by atoms with Crippen LogP contribution in [0.3, 0.4) is 0 Å². The Bertz CT molecular complexity index is 613. The van der Waals surface area contributed by atoms with E-state index in [2.05, 4.69) is 44.3 Å². The van der Waals surface area contributed by atoms with E-state index in [1.54, 1.807) is 4.90 Å². The van der Waals surface area contributed by atoms with Crippen LogP contribution in [-0.4, -0.2) is 45.8 Å². The first-order chi connectivity index (χ1) is 10.4. The quantitative estimate of drug-likeness (QED) is 0.729. The van der Waals surface area contributed by atoms with Crippen molar-refractivity contribution >= 4 is 40.1 Å². The third-order valence-electron chi connectivity index (χ3n) is 2.48. The number of nitrogens with two attached hydrogens (primary N) is 1. The molecule has 120 valence electrons. The van der Waals surface area contributed by atoms with Crippen molar-refractivity contribution in [2.24, 2.45) is 5.92 Å². The minimum Gasteiger partial charge on any atom is -0.368 e. The second kappa shape index (κ2) is 7.54. The summed E-state index contributed by atoms with van der Waals surface area (Å²) >= 11 is 3.06. The van der Waals surface area contributed by atoms with Gasteiger partial charge in [0.25, 0.3) is 0 Å². The van der Waals surface area contributed by atoms with Crippen molar-refractivity contribution in [3.05, 3.63) is 5.82 Å². The lowest BCUT2D eigenvalue weighted by Gasteiger charge is -2.10. The van der Waals surface area contributed by atoms with Crippen molar-refractivity contribution in [2.45, 2.75) is 23.9 Å². The fraction of sp³-hybridized carbons (Fsp3) is 0.583. The van der Waals surface area contributed by atoms with Crippen molar-refractivity contribution in [1.29, 1.82) is 0 Å². The molecule has 2 heterocycles. The monoisotopic (exact) mass is 340 g/mol. The summed E-state index contributed by atoms with van der Waals surface area (Å²) in [5.41, 5.74) is 5.70. The largest absolute Gasteiger partial charge is 0.368 e. The Morgan fingerprint density at radius 1 is 1.23 bits per heavy atom. The molecular weight excluding hydrogens is 320 g/mol. The molecule has 0 aliphatic rings. The maximum Gasteiger partial charge on any atom is 0.229 e. The first-order valence-corrected chi connectivity index (χ1v) is 8.62. The summed E-state index contributed by atoms with van der Waals surface area (Å²) < 4.78 is 0.872. The smallest absolute Gasteiger partial charge is 0.229 e. The number of rotatable bonds is 7. The van der Waals surface area contributed by atoms with Gasteiger partial charge in [-0.25, -0.2) is 0 Å². The van der Waals surface area contributed by atoms with Crippen LogP contribution >= 0.6 is 23.1 Å². The summed E-state index contributed by atoms with van der Waals surface area (Å²) in [7, 11) is 3.73. The number of hydrogen-bond donors (Lipinski definition) is 2. The number of anilines is 3. The summed E-state index contributed by atoms with van der Waals surface area (Å²) in [6.45, 7) is 5.18. The van der Waals surface area contributed by atoms with Gasteiger partial charge in [-0.3, -0.25) is 0 Å². The Morgan fingerprint density at radius 3 is 2.68 bits per heavy atom. The van der Waals surface area contributed by atoms with E-state index in [1.807, 2.05) is 14.1 Å². The molecule has 3 N–H and O–H groups in total. The van der Waals surface area contributed by atoms with Crippen LogP contribution < -0.4 is 16.0 Å². The van der Waals surface area contributed by atoms with Crippen molar-refractivity contribution in [3.63, 3.8) is 0 Å². The van der Waals surface area contributed by atoms with Gasteiger partial charge in [-0.2, -0.15) is 15.0 Å². The van der Waals surface area contributed by atoms with Crippen LogP contribution in [0, 0.1) is 5.92 Å². The predicted octanol–water partition coefficient (Wildman–Crippen LogP) is 1.73. The van der Waals surface area contributed by atoms with Crippen LogP contribution in [0.2, 0.25) is 0 Å². The van der Waals surface area contributed by atoms with Crippen LogP contribution in [0.5, 0.6) is 0 Å². The predicted molar refractivity (Wildman–Crippen MR) is 91.4 cm³/mol. The molecule has 0 aliphatic carbocycles. The van der Waals surface area contributed by atoms with Crippen LogP contribution in [0.1, 0.15) is 19.7 Å². The summed E-state index contributed by atoms with van der Waals surface area (Å²) in [6, 6.07) is 0. The molecule has 0 saturated heterocycles. The molecule has 0 unspecified atom stereocenters. The molecule has 2 aromatic rings. The molecule has 2 aromatic heterocycles. The Labute approximate surface area is 138 Å². The molecular formula is C12H20N8S2. The molecule has 0 saturated carbocycles. The van der Waals surface area contributed by atoms with Gasteiger partial charge in [-0.1, -0.05) is 36.9 Å². The summed E-state index contributed by atoms with van der Waals surface area (Å²) in [5, 5.41) is 12.4. The van der Waals surface area contributed by atoms with Gasteiger partial charge < -0.3 is 16.0 Å². The fourth-order valence-corrected chi connectivity index (χ4v) is 3.06. The first-order valence-electron chi connectivity index (χ1n) is 6.82. The zero-order valence-corrected chi connectivity index (χ0v) is 14.7. The Kier molecular flexibility index (Phi) is 5.72. The van der Waals surface area contributed by atoms with Crippen molar-refractivity contribution in [2.75, 3.05) is 36.6 Å². The van der Waals surface area contributed by atoms with E-state index in [1.165, 1.54) is 23.1 Å². The van der Waals surface area contributed by atoms with Gasteiger partial charge in [0.1, 0.15) is 5.82 Å². The van der Waals surface area contributed by atoms with E-state index in [0.717, 1.165) is 16.0 Å². The lowest BCUT2D eigenvalue weighted by Crippen LogP contribution is -2.15. The summed E-state index contributed by atoms with van der Waals surface area (Å²) in [4.78, 5) is 14.4. The number of hydrogen-bond acceptors (Lipinski definition) is 10. The van der Waals surface area contributed by atoms with E-state index in [9.17, 15) is 0 Å².